The van der Waals surface area contributed by atoms with Gasteiger partial charge in [-0.05, 0) is 30.9 Å². The first-order valence-electron chi connectivity index (χ1n) is 7.89. The third-order valence-electron chi connectivity index (χ3n) is 4.84. The van der Waals surface area contributed by atoms with Crippen LogP contribution in [0.2, 0.25) is 5.02 Å². The lowest BCUT2D eigenvalue weighted by Gasteiger charge is -2.43. The Labute approximate surface area is 137 Å². The second kappa shape index (κ2) is 6.57. The minimum Gasteiger partial charge on any atom is -0.314 e. The number of halogens is 5. The lowest BCUT2D eigenvalue weighted by atomic mass is 9.76. The topological polar surface area (TPSA) is 15.3 Å². The number of nitrogens with zero attached hydrogens (tertiary/aromatic N) is 1. The van der Waals surface area contributed by atoms with Crippen LogP contribution in [0, 0.1) is 11.7 Å². The maximum Gasteiger partial charge on any atom is 0.416 e. The molecule has 0 unspecified atom stereocenters. The molecule has 0 amide bonds. The van der Waals surface area contributed by atoms with E-state index in [1.165, 1.54) is 0 Å². The Morgan fingerprint density at radius 3 is 2.35 bits per heavy atom. The number of alkyl halides is 3. The summed E-state index contributed by atoms with van der Waals surface area (Å²) in [5.41, 5.74) is -0.783. The van der Waals surface area contributed by atoms with Crippen molar-refractivity contribution >= 4 is 11.6 Å². The molecule has 1 heterocycles. The first-order chi connectivity index (χ1) is 10.9. The van der Waals surface area contributed by atoms with Crippen molar-refractivity contribution in [3.63, 3.8) is 0 Å². The van der Waals surface area contributed by atoms with Crippen molar-refractivity contribution in [1.82, 2.24) is 10.2 Å². The highest BCUT2D eigenvalue weighted by atomic mass is 35.5. The second-order valence-electron chi connectivity index (χ2n) is 6.28. The maximum absolute atomic E-state index is 14.6. The predicted octanol–water partition coefficient (Wildman–Crippen LogP) is 4.24. The van der Waals surface area contributed by atoms with Crippen LogP contribution in [0.1, 0.15) is 36.4 Å². The normalized spacial score (nSPS) is 22.0. The van der Waals surface area contributed by atoms with Crippen LogP contribution in [-0.2, 0) is 6.18 Å². The number of rotatable bonds is 3. The van der Waals surface area contributed by atoms with Gasteiger partial charge in [0.2, 0.25) is 0 Å². The van der Waals surface area contributed by atoms with Crippen LogP contribution in [0.15, 0.2) is 12.1 Å². The number of hydrogen-bond acceptors (Lipinski definition) is 2. The molecule has 1 N–H and O–H groups in total. The molecule has 0 spiro atoms. The second-order valence-corrected chi connectivity index (χ2v) is 6.69. The van der Waals surface area contributed by atoms with Gasteiger partial charge in [0.1, 0.15) is 5.82 Å². The molecule has 1 aromatic carbocycles. The summed E-state index contributed by atoms with van der Waals surface area (Å²) in [7, 11) is 0. The van der Waals surface area contributed by atoms with Crippen LogP contribution >= 0.6 is 11.6 Å². The van der Waals surface area contributed by atoms with E-state index in [1.807, 2.05) is 0 Å². The highest BCUT2D eigenvalue weighted by molar-refractivity contribution is 6.30. The van der Waals surface area contributed by atoms with E-state index in [0.29, 0.717) is 19.2 Å². The molecule has 2 nitrogen and oxygen atoms in total. The Morgan fingerprint density at radius 2 is 1.83 bits per heavy atom. The smallest absolute Gasteiger partial charge is 0.314 e. The largest absolute Gasteiger partial charge is 0.416 e. The average molecular weight is 351 g/mol. The van der Waals surface area contributed by atoms with Crippen molar-refractivity contribution in [2.45, 2.75) is 31.5 Å². The van der Waals surface area contributed by atoms with E-state index in [9.17, 15) is 17.6 Å². The molecular formula is C16H19ClF4N2. The molecule has 0 radical (unpaired) electrons. The molecule has 1 saturated heterocycles. The summed E-state index contributed by atoms with van der Waals surface area (Å²) in [6.45, 7) is 2.93. The third kappa shape index (κ3) is 3.49. The molecule has 128 valence electrons. The molecule has 2 aliphatic rings. The van der Waals surface area contributed by atoms with E-state index >= 15 is 0 Å². The van der Waals surface area contributed by atoms with Gasteiger partial charge in [0.15, 0.2) is 0 Å². The van der Waals surface area contributed by atoms with Crippen molar-refractivity contribution in [2.75, 3.05) is 26.2 Å². The van der Waals surface area contributed by atoms with Gasteiger partial charge in [-0.25, -0.2) is 4.39 Å². The molecule has 1 aliphatic carbocycles. The lowest BCUT2D eigenvalue weighted by Crippen LogP contribution is -2.48. The average Bonchev–Trinajstić information content (AvgIpc) is 2.45. The van der Waals surface area contributed by atoms with Gasteiger partial charge in [0.05, 0.1) is 10.6 Å². The molecule has 7 heteroatoms. The highest BCUT2D eigenvalue weighted by Crippen LogP contribution is 2.44. The van der Waals surface area contributed by atoms with Gasteiger partial charge in [0, 0.05) is 37.8 Å². The van der Waals surface area contributed by atoms with E-state index in [4.69, 9.17) is 11.6 Å². The number of benzene rings is 1. The van der Waals surface area contributed by atoms with Crippen molar-refractivity contribution in [3.8, 4) is 0 Å². The summed E-state index contributed by atoms with van der Waals surface area (Å²) in [5.74, 6) is -0.516. The van der Waals surface area contributed by atoms with Crippen molar-refractivity contribution in [1.29, 1.82) is 0 Å². The predicted molar refractivity (Wildman–Crippen MR) is 80.9 cm³/mol. The van der Waals surface area contributed by atoms with Crippen LogP contribution in [0.3, 0.4) is 0 Å². The highest BCUT2D eigenvalue weighted by Gasteiger charge is 2.38. The molecule has 2 fully saturated rings. The van der Waals surface area contributed by atoms with Gasteiger partial charge in [-0.1, -0.05) is 18.0 Å². The van der Waals surface area contributed by atoms with E-state index in [-0.39, 0.29) is 17.5 Å². The monoisotopic (exact) mass is 350 g/mol. The van der Waals surface area contributed by atoms with Gasteiger partial charge in [-0.2, -0.15) is 13.2 Å². The first kappa shape index (κ1) is 17.0. The van der Waals surface area contributed by atoms with Crippen LogP contribution in [-0.4, -0.2) is 31.1 Å². The van der Waals surface area contributed by atoms with Gasteiger partial charge in [-0.15, -0.1) is 0 Å². The molecule has 23 heavy (non-hydrogen) atoms. The van der Waals surface area contributed by atoms with Crippen LogP contribution in [0.4, 0.5) is 17.6 Å². The summed E-state index contributed by atoms with van der Waals surface area (Å²) in [5, 5.41) is 2.77. The Balaban J connectivity index is 2.02. The number of nitrogens with one attached hydrogen (secondary N) is 1. The Hall–Kier alpha value is -0.850. The molecule has 1 aromatic rings. The summed E-state index contributed by atoms with van der Waals surface area (Å²) < 4.78 is 53.8. The summed E-state index contributed by atoms with van der Waals surface area (Å²) in [4.78, 5) is 2.09. The van der Waals surface area contributed by atoms with Gasteiger partial charge in [-0.3, -0.25) is 4.90 Å². The molecule has 3 rings (SSSR count). The zero-order valence-corrected chi connectivity index (χ0v) is 13.4. The number of piperazine rings is 1. The molecule has 1 aliphatic heterocycles. The minimum absolute atomic E-state index is 0.0939. The van der Waals surface area contributed by atoms with Gasteiger partial charge < -0.3 is 5.32 Å². The molecule has 1 atom stereocenters. The van der Waals surface area contributed by atoms with Crippen LogP contribution in [0.25, 0.3) is 0 Å². The van der Waals surface area contributed by atoms with E-state index < -0.39 is 22.6 Å². The molecule has 0 aromatic heterocycles. The van der Waals surface area contributed by atoms with Crippen molar-refractivity contribution < 1.29 is 17.6 Å². The fourth-order valence-corrected chi connectivity index (χ4v) is 3.68. The molecule has 1 saturated carbocycles. The zero-order chi connectivity index (χ0) is 16.6. The standard InChI is InChI=1S/C16H19ClF4N2/c17-13-9-11(16(19,20)21)8-12(14(13)18)15(10-2-1-3-10)23-6-4-22-5-7-23/h8-10,15,22H,1-7H2/t15-/m1/s1. The van der Waals surface area contributed by atoms with Gasteiger partial charge >= 0.3 is 6.18 Å². The Morgan fingerprint density at radius 1 is 1.17 bits per heavy atom. The van der Waals surface area contributed by atoms with Crippen molar-refractivity contribution in [2.24, 2.45) is 5.92 Å². The van der Waals surface area contributed by atoms with E-state index in [1.54, 1.807) is 0 Å². The summed E-state index contributed by atoms with van der Waals surface area (Å²) in [6.07, 6.45) is -1.65. The lowest BCUT2D eigenvalue weighted by molar-refractivity contribution is -0.137. The summed E-state index contributed by atoms with van der Waals surface area (Å²) >= 11 is 5.77. The number of hydrogen-bond donors (Lipinski definition) is 1. The minimum atomic E-state index is -4.53. The fourth-order valence-electron chi connectivity index (χ4n) is 3.45. The van der Waals surface area contributed by atoms with E-state index in [2.05, 4.69) is 10.2 Å². The first-order valence-corrected chi connectivity index (χ1v) is 8.26. The maximum atomic E-state index is 14.6. The SMILES string of the molecule is Fc1c(Cl)cc(C(F)(F)F)cc1[C@@H](C1CCC1)N1CCNCC1. The van der Waals surface area contributed by atoms with E-state index in [0.717, 1.165) is 38.4 Å². The van der Waals surface area contributed by atoms with Crippen LogP contribution in [0.5, 0.6) is 0 Å². The zero-order valence-electron chi connectivity index (χ0n) is 12.6. The Bertz CT molecular complexity index is 566. The van der Waals surface area contributed by atoms with Crippen LogP contribution < -0.4 is 5.32 Å². The quantitative estimate of drug-likeness (QED) is 0.820. The summed E-state index contributed by atoms with van der Waals surface area (Å²) in [6, 6.07) is 1.30. The Kier molecular flexibility index (Phi) is 4.85. The molecule has 0 bridgehead atoms. The third-order valence-corrected chi connectivity index (χ3v) is 5.12. The fraction of sp³-hybridized carbons (Fsp3) is 0.625. The van der Waals surface area contributed by atoms with Gasteiger partial charge in [0.25, 0.3) is 0 Å². The van der Waals surface area contributed by atoms with Crippen molar-refractivity contribution in [3.05, 3.63) is 34.1 Å². The molecular weight excluding hydrogens is 332 g/mol.